The molecule has 0 amide bonds. The normalized spacial score (nSPS) is 13.9. The molecule has 0 radical (unpaired) electrons. The van der Waals surface area contributed by atoms with Crippen LogP contribution in [0.15, 0.2) is 12.4 Å². The molecule has 0 bridgehead atoms. The lowest BCUT2D eigenvalue weighted by atomic mass is 9.77. The number of rotatable bonds is 3. The van der Waals surface area contributed by atoms with Crippen LogP contribution in [-0.2, 0) is 15.7 Å². The third-order valence-electron chi connectivity index (χ3n) is 2.65. The van der Waals surface area contributed by atoms with Gasteiger partial charge in [-0.25, -0.2) is 9.97 Å². The van der Waals surface area contributed by atoms with Crippen LogP contribution in [0.2, 0.25) is 0 Å². The Balaban J connectivity index is 3.13. The van der Waals surface area contributed by atoms with Gasteiger partial charge in [-0.2, -0.15) is 13.2 Å². The first-order valence-electron chi connectivity index (χ1n) is 6.13. The molecular formula is C13H17F3N2O2. The SMILES string of the molecule is CCOC(=O)C(c1cnc(C(F)(F)F)nc1)C(C)(C)C. The fourth-order valence-corrected chi connectivity index (χ4v) is 1.85. The van der Waals surface area contributed by atoms with E-state index in [0.717, 1.165) is 12.4 Å². The van der Waals surface area contributed by atoms with Gasteiger partial charge >= 0.3 is 12.1 Å². The summed E-state index contributed by atoms with van der Waals surface area (Å²) in [5.74, 6) is -2.44. The summed E-state index contributed by atoms with van der Waals surface area (Å²) in [6, 6.07) is 0. The van der Waals surface area contributed by atoms with Gasteiger partial charge in [0.05, 0.1) is 12.5 Å². The number of esters is 1. The maximum Gasteiger partial charge on any atom is 0.451 e. The molecule has 4 nitrogen and oxygen atoms in total. The van der Waals surface area contributed by atoms with Crippen molar-refractivity contribution in [3.05, 3.63) is 23.8 Å². The second kappa shape index (κ2) is 5.76. The predicted molar refractivity (Wildman–Crippen MR) is 65.9 cm³/mol. The standard InChI is InChI=1S/C13H17F3N2O2/c1-5-20-10(19)9(12(2,3)4)8-6-17-11(18-7-8)13(14,15)16/h6-7,9H,5H2,1-4H3. The van der Waals surface area contributed by atoms with E-state index >= 15 is 0 Å². The largest absolute Gasteiger partial charge is 0.466 e. The van der Waals surface area contributed by atoms with Gasteiger partial charge in [0.25, 0.3) is 0 Å². The number of halogens is 3. The minimum Gasteiger partial charge on any atom is -0.466 e. The molecule has 0 aromatic carbocycles. The van der Waals surface area contributed by atoms with E-state index in [1.54, 1.807) is 27.7 Å². The quantitative estimate of drug-likeness (QED) is 0.802. The molecule has 112 valence electrons. The Labute approximate surface area is 115 Å². The fourth-order valence-electron chi connectivity index (χ4n) is 1.85. The molecule has 0 saturated carbocycles. The molecule has 0 spiro atoms. The van der Waals surface area contributed by atoms with Gasteiger partial charge in [0, 0.05) is 18.0 Å². The zero-order valence-electron chi connectivity index (χ0n) is 11.8. The molecule has 0 fully saturated rings. The van der Waals surface area contributed by atoms with E-state index in [1.807, 2.05) is 0 Å². The van der Waals surface area contributed by atoms with Gasteiger partial charge in [-0.05, 0) is 12.3 Å². The zero-order valence-corrected chi connectivity index (χ0v) is 11.8. The molecule has 0 aliphatic carbocycles. The van der Waals surface area contributed by atoms with Crippen LogP contribution in [0.3, 0.4) is 0 Å². The van der Waals surface area contributed by atoms with Crippen molar-refractivity contribution in [3.8, 4) is 0 Å². The Hall–Kier alpha value is -1.66. The average molecular weight is 290 g/mol. The highest BCUT2D eigenvalue weighted by molar-refractivity contribution is 5.78. The van der Waals surface area contributed by atoms with E-state index in [9.17, 15) is 18.0 Å². The maximum atomic E-state index is 12.4. The molecule has 0 saturated heterocycles. The zero-order chi connectivity index (χ0) is 15.6. The van der Waals surface area contributed by atoms with Crippen LogP contribution >= 0.6 is 0 Å². The second-order valence-electron chi connectivity index (χ2n) is 5.39. The third-order valence-corrected chi connectivity index (χ3v) is 2.65. The molecule has 0 aliphatic rings. The summed E-state index contributed by atoms with van der Waals surface area (Å²) in [7, 11) is 0. The number of ether oxygens (including phenoxy) is 1. The summed E-state index contributed by atoms with van der Waals surface area (Å²) in [6.45, 7) is 7.26. The number of carbonyl (C=O) groups is 1. The average Bonchev–Trinajstić information content (AvgIpc) is 2.27. The minimum atomic E-state index is -4.60. The molecule has 1 aromatic rings. The van der Waals surface area contributed by atoms with Crippen molar-refractivity contribution in [2.24, 2.45) is 5.41 Å². The van der Waals surface area contributed by atoms with Crippen LogP contribution in [0.1, 0.15) is 45.0 Å². The Morgan fingerprint density at radius 3 is 2.10 bits per heavy atom. The molecule has 20 heavy (non-hydrogen) atoms. The summed E-state index contributed by atoms with van der Waals surface area (Å²) in [5, 5.41) is 0. The molecule has 1 aromatic heterocycles. The van der Waals surface area contributed by atoms with Gasteiger partial charge in [0.2, 0.25) is 5.82 Å². The van der Waals surface area contributed by atoms with Crippen LogP contribution in [-0.4, -0.2) is 22.5 Å². The van der Waals surface area contributed by atoms with Crippen LogP contribution in [0.25, 0.3) is 0 Å². The highest BCUT2D eigenvalue weighted by Gasteiger charge is 2.37. The molecule has 0 aliphatic heterocycles. The number of hydrogen-bond donors (Lipinski definition) is 0. The summed E-state index contributed by atoms with van der Waals surface area (Å²) >= 11 is 0. The van der Waals surface area contributed by atoms with Crippen LogP contribution < -0.4 is 0 Å². The van der Waals surface area contributed by atoms with Gasteiger partial charge < -0.3 is 4.74 Å². The smallest absolute Gasteiger partial charge is 0.451 e. The monoisotopic (exact) mass is 290 g/mol. The van der Waals surface area contributed by atoms with E-state index < -0.39 is 29.3 Å². The number of aromatic nitrogens is 2. The first kappa shape index (κ1) is 16.4. The topological polar surface area (TPSA) is 52.1 Å². The Morgan fingerprint density at radius 2 is 1.75 bits per heavy atom. The second-order valence-corrected chi connectivity index (χ2v) is 5.39. The minimum absolute atomic E-state index is 0.201. The fraction of sp³-hybridized carbons (Fsp3) is 0.615. The van der Waals surface area contributed by atoms with Crippen LogP contribution in [0.4, 0.5) is 13.2 Å². The summed E-state index contributed by atoms with van der Waals surface area (Å²) in [6.07, 6.45) is -2.54. The van der Waals surface area contributed by atoms with Crippen molar-refractivity contribution in [3.63, 3.8) is 0 Å². The van der Waals surface area contributed by atoms with Gasteiger partial charge in [-0.1, -0.05) is 20.8 Å². The lowest BCUT2D eigenvalue weighted by Crippen LogP contribution is -2.29. The molecule has 7 heteroatoms. The van der Waals surface area contributed by atoms with Crippen molar-refractivity contribution in [2.75, 3.05) is 6.61 Å². The molecule has 1 heterocycles. The molecule has 0 N–H and O–H groups in total. The number of nitrogens with zero attached hydrogens (tertiary/aromatic N) is 2. The summed E-state index contributed by atoms with van der Waals surface area (Å²) < 4.78 is 42.2. The highest BCUT2D eigenvalue weighted by atomic mass is 19.4. The van der Waals surface area contributed by atoms with E-state index in [1.165, 1.54) is 0 Å². The van der Waals surface area contributed by atoms with Gasteiger partial charge in [0.15, 0.2) is 0 Å². The van der Waals surface area contributed by atoms with Gasteiger partial charge in [-0.15, -0.1) is 0 Å². The van der Waals surface area contributed by atoms with E-state index in [2.05, 4.69) is 9.97 Å². The molecule has 1 rings (SSSR count). The third kappa shape index (κ3) is 3.91. The number of carbonyl (C=O) groups excluding carboxylic acids is 1. The van der Waals surface area contributed by atoms with Gasteiger partial charge in [0.1, 0.15) is 0 Å². The van der Waals surface area contributed by atoms with Crippen molar-refractivity contribution >= 4 is 5.97 Å². The lowest BCUT2D eigenvalue weighted by molar-refractivity contribution is -0.147. The Kier molecular flexibility index (Phi) is 4.73. The van der Waals surface area contributed by atoms with Crippen LogP contribution in [0, 0.1) is 5.41 Å². The molecule has 1 atom stereocenters. The van der Waals surface area contributed by atoms with E-state index in [-0.39, 0.29) is 6.61 Å². The van der Waals surface area contributed by atoms with Crippen molar-refractivity contribution in [1.29, 1.82) is 0 Å². The van der Waals surface area contributed by atoms with Crippen LogP contribution in [0.5, 0.6) is 0 Å². The molecular weight excluding hydrogens is 273 g/mol. The van der Waals surface area contributed by atoms with Crippen molar-refractivity contribution in [2.45, 2.75) is 39.8 Å². The number of alkyl halides is 3. The van der Waals surface area contributed by atoms with Gasteiger partial charge in [-0.3, -0.25) is 4.79 Å². The first-order chi connectivity index (χ1) is 9.07. The Morgan fingerprint density at radius 1 is 1.25 bits per heavy atom. The summed E-state index contributed by atoms with van der Waals surface area (Å²) in [5.41, 5.74) is -0.209. The maximum absolute atomic E-state index is 12.4. The number of hydrogen-bond acceptors (Lipinski definition) is 4. The first-order valence-corrected chi connectivity index (χ1v) is 6.13. The summed E-state index contributed by atoms with van der Waals surface area (Å²) in [4.78, 5) is 18.5. The lowest BCUT2D eigenvalue weighted by Gasteiger charge is -2.28. The Bertz CT molecular complexity index is 464. The molecule has 1 unspecified atom stereocenters. The van der Waals surface area contributed by atoms with Crippen molar-refractivity contribution in [1.82, 2.24) is 9.97 Å². The van der Waals surface area contributed by atoms with E-state index in [0.29, 0.717) is 5.56 Å². The predicted octanol–water partition coefficient (Wildman–Crippen LogP) is 3.19. The van der Waals surface area contributed by atoms with E-state index in [4.69, 9.17) is 4.74 Å². The highest BCUT2D eigenvalue weighted by Crippen LogP contribution is 2.36. The van der Waals surface area contributed by atoms with Crippen molar-refractivity contribution < 1.29 is 22.7 Å².